The quantitative estimate of drug-likeness (QED) is 0.153. The minimum Gasteiger partial charge on any atom is -0.310 e. The molecular formula is C83H79BN2. The summed E-state index contributed by atoms with van der Waals surface area (Å²) < 4.78 is 5.63. The number of hydrogen-bond acceptors (Lipinski definition) is 0. The van der Waals surface area contributed by atoms with Crippen LogP contribution in [0.25, 0.3) is 99.1 Å². The summed E-state index contributed by atoms with van der Waals surface area (Å²) >= 11 is 0. The fourth-order valence-electron chi connectivity index (χ4n) is 17.3. The van der Waals surface area contributed by atoms with E-state index in [4.69, 9.17) is 0 Å². The number of nitrogens with zero attached hydrogens (tertiary/aromatic N) is 2. The molecule has 2 aliphatic carbocycles. The molecule has 3 aliphatic heterocycles. The molecule has 0 saturated heterocycles. The maximum atomic E-state index is 2.83. The number of benzene rings is 10. The normalized spacial score (nSPS) is 16.5. The topological polar surface area (TPSA) is 9.86 Å². The van der Waals surface area contributed by atoms with Gasteiger partial charge in [-0.1, -0.05) is 226 Å². The van der Waals surface area contributed by atoms with E-state index in [1.807, 2.05) is 0 Å². The summed E-state index contributed by atoms with van der Waals surface area (Å²) in [5.41, 5.74) is 33.1. The average molecular weight is 1120 g/mol. The van der Waals surface area contributed by atoms with Crippen LogP contribution in [0.2, 0.25) is 0 Å². The van der Waals surface area contributed by atoms with Crippen LogP contribution in [-0.2, 0) is 37.9 Å². The molecule has 0 atom stereocenters. The first kappa shape index (κ1) is 52.5. The Hall–Kier alpha value is -7.88. The summed E-state index contributed by atoms with van der Waals surface area (Å²) in [7, 11) is 0. The van der Waals surface area contributed by atoms with Crippen LogP contribution in [0.15, 0.2) is 164 Å². The Labute approximate surface area is 509 Å². The standard InChI is InChI=1S/C83H79BN2/c1-77(2,3)49-30-32-70-57(38-49)58-40-51(79(7,8)9)43-68-73(58)85(70)75-61(56-36-48(35-47-23-17-18-24-53(47)56)46-29-31-64-65(37-46)82(15,16)34-33-81(64,13)14)45-67-76-71(75)84(68)69-44-52(80(10,11)12)41-60-59-39-50(78(4,5)6)42-66(72(59)86(76)74(60)69)83(67)62-27-21-19-25-54(62)55-26-20-22-28-63(55)83/h17-32,35-45H,33-34H2,1-16H3. The molecule has 12 aromatic rings. The van der Waals surface area contributed by atoms with E-state index in [2.05, 4.69) is 284 Å². The zero-order valence-corrected chi connectivity index (χ0v) is 53.5. The molecule has 10 aromatic carbocycles. The predicted molar refractivity (Wildman–Crippen MR) is 369 cm³/mol. The molecule has 0 amide bonds. The minimum absolute atomic E-state index is 0.0435. The SMILES string of the molecule is CC(C)(C)c1ccc2c(c1)c1cc(C(C)(C)C)cc3c1n2-c1c(-c2cc(-c4ccc5c(c4)C(C)(C)CCC5(C)C)cc4ccccc24)cc2c4c1B3c1cc(C(C)(C)C)cc3c5cc(C(C)(C)C)cc(c5n-4c13)C21c2ccccc2-c2ccccc21. The third-order valence-electron chi connectivity index (χ3n) is 22.1. The Bertz CT molecular complexity index is 5040. The second-order valence-corrected chi connectivity index (χ2v) is 32.4. The zero-order chi connectivity index (χ0) is 59.6. The van der Waals surface area contributed by atoms with E-state index in [1.54, 1.807) is 0 Å². The first-order chi connectivity index (χ1) is 40.7. The molecule has 5 heterocycles. The van der Waals surface area contributed by atoms with Gasteiger partial charge in [-0.25, -0.2) is 0 Å². The molecule has 2 nitrogen and oxygen atoms in total. The molecule has 0 fully saturated rings. The van der Waals surface area contributed by atoms with Crippen LogP contribution in [0, 0.1) is 0 Å². The van der Waals surface area contributed by atoms with Crippen LogP contribution in [-0.4, -0.2) is 15.8 Å². The maximum Gasteiger partial charge on any atom is 0.252 e. The molecule has 3 heteroatoms. The van der Waals surface area contributed by atoms with Crippen molar-refractivity contribution in [3.8, 4) is 44.8 Å². The third kappa shape index (κ3) is 6.65. The lowest BCUT2D eigenvalue weighted by molar-refractivity contribution is 0.332. The second-order valence-electron chi connectivity index (χ2n) is 32.4. The second kappa shape index (κ2) is 16.4. The summed E-state index contributed by atoms with van der Waals surface area (Å²) in [5.74, 6) is 0. The summed E-state index contributed by atoms with van der Waals surface area (Å²) in [6.07, 6.45) is 2.36. The number of hydrogen-bond donors (Lipinski definition) is 0. The molecule has 0 bridgehead atoms. The third-order valence-corrected chi connectivity index (χ3v) is 22.1. The predicted octanol–water partition coefficient (Wildman–Crippen LogP) is 19.7. The van der Waals surface area contributed by atoms with Crippen molar-refractivity contribution in [2.75, 3.05) is 0 Å². The van der Waals surface area contributed by atoms with Gasteiger partial charge >= 0.3 is 0 Å². The van der Waals surface area contributed by atoms with Crippen molar-refractivity contribution in [1.82, 2.24) is 9.13 Å². The number of aromatic nitrogens is 2. The van der Waals surface area contributed by atoms with Gasteiger partial charge in [-0.3, -0.25) is 0 Å². The van der Waals surface area contributed by atoms with E-state index in [-0.39, 0.29) is 39.2 Å². The van der Waals surface area contributed by atoms with Crippen LogP contribution in [0.3, 0.4) is 0 Å². The molecule has 17 rings (SSSR count). The van der Waals surface area contributed by atoms with E-state index in [0.717, 1.165) is 0 Å². The van der Waals surface area contributed by atoms with E-state index in [0.29, 0.717) is 0 Å². The van der Waals surface area contributed by atoms with Crippen molar-refractivity contribution in [1.29, 1.82) is 0 Å². The van der Waals surface area contributed by atoms with Gasteiger partial charge < -0.3 is 9.13 Å². The number of fused-ring (bicyclic) bond motifs is 16. The van der Waals surface area contributed by atoms with Gasteiger partial charge in [0.25, 0.3) is 6.71 Å². The van der Waals surface area contributed by atoms with Crippen molar-refractivity contribution < 1.29 is 0 Å². The largest absolute Gasteiger partial charge is 0.310 e. The summed E-state index contributed by atoms with van der Waals surface area (Å²) in [4.78, 5) is 0. The molecule has 0 N–H and O–H groups in total. The van der Waals surface area contributed by atoms with Gasteiger partial charge in [0.15, 0.2) is 0 Å². The molecule has 0 radical (unpaired) electrons. The lowest BCUT2D eigenvalue weighted by Crippen LogP contribution is -2.61. The average Bonchev–Trinajstić information content (AvgIpc) is 1.40. The van der Waals surface area contributed by atoms with Gasteiger partial charge in [0, 0.05) is 43.8 Å². The molecular weight excluding hydrogens is 1040 g/mol. The van der Waals surface area contributed by atoms with Gasteiger partial charge in [0.1, 0.15) is 0 Å². The van der Waals surface area contributed by atoms with Crippen LogP contribution in [0.4, 0.5) is 0 Å². The fourth-order valence-corrected chi connectivity index (χ4v) is 17.3. The van der Waals surface area contributed by atoms with Crippen LogP contribution >= 0.6 is 0 Å². The molecule has 0 saturated carbocycles. The first-order valence-electron chi connectivity index (χ1n) is 32.1. The lowest BCUT2D eigenvalue weighted by Gasteiger charge is -2.45. The molecule has 424 valence electrons. The summed E-state index contributed by atoms with van der Waals surface area (Å²) in [6, 6.07) is 67.0. The minimum atomic E-state index is -0.668. The monoisotopic (exact) mass is 1110 g/mol. The van der Waals surface area contributed by atoms with E-state index < -0.39 is 5.41 Å². The van der Waals surface area contributed by atoms with Gasteiger partial charge in [-0.2, -0.15) is 0 Å². The smallest absolute Gasteiger partial charge is 0.252 e. The van der Waals surface area contributed by atoms with Gasteiger partial charge in [0.2, 0.25) is 0 Å². The number of rotatable bonds is 2. The molecule has 1 spiro atoms. The molecule has 2 aromatic heterocycles. The van der Waals surface area contributed by atoms with Crippen LogP contribution in [0.1, 0.15) is 179 Å². The Morgan fingerprint density at radius 3 is 1.51 bits per heavy atom. The van der Waals surface area contributed by atoms with Crippen molar-refractivity contribution >= 4 is 77.5 Å². The highest BCUT2D eigenvalue weighted by Gasteiger charge is 2.56. The fraction of sp³-hybridized carbons (Fsp3) is 0.301. The van der Waals surface area contributed by atoms with E-state index in [9.17, 15) is 0 Å². The summed E-state index contributed by atoms with van der Waals surface area (Å²) in [5, 5.41) is 7.95. The highest BCUT2D eigenvalue weighted by atomic mass is 15.1. The first-order valence-corrected chi connectivity index (χ1v) is 32.1. The Kier molecular flexibility index (Phi) is 10.00. The summed E-state index contributed by atoms with van der Waals surface area (Å²) in [6.45, 7) is 38.7. The van der Waals surface area contributed by atoms with Crippen LogP contribution in [0.5, 0.6) is 0 Å². The molecule has 86 heavy (non-hydrogen) atoms. The van der Waals surface area contributed by atoms with E-state index in [1.165, 1.54) is 184 Å². The Morgan fingerprint density at radius 2 is 0.884 bits per heavy atom. The van der Waals surface area contributed by atoms with E-state index >= 15 is 0 Å². The zero-order valence-electron chi connectivity index (χ0n) is 53.5. The maximum absolute atomic E-state index is 2.83. The molecule has 5 aliphatic rings. The van der Waals surface area contributed by atoms with Gasteiger partial charge in [-0.05, 0) is 204 Å². The Morgan fingerprint density at radius 1 is 0.349 bits per heavy atom. The molecule has 0 unspecified atom stereocenters. The van der Waals surface area contributed by atoms with Gasteiger partial charge in [-0.15, -0.1) is 0 Å². The van der Waals surface area contributed by atoms with Gasteiger partial charge in [0.05, 0.1) is 22.1 Å². The van der Waals surface area contributed by atoms with Crippen molar-refractivity contribution in [3.63, 3.8) is 0 Å². The lowest BCUT2D eigenvalue weighted by atomic mass is 9.33. The van der Waals surface area contributed by atoms with Crippen molar-refractivity contribution in [2.24, 2.45) is 0 Å². The van der Waals surface area contributed by atoms with Crippen molar-refractivity contribution in [2.45, 2.75) is 162 Å². The highest BCUT2D eigenvalue weighted by Crippen LogP contribution is 2.63. The van der Waals surface area contributed by atoms with Crippen LogP contribution < -0.4 is 16.4 Å². The van der Waals surface area contributed by atoms with Crippen molar-refractivity contribution in [3.05, 3.63) is 219 Å². The Balaban J connectivity index is 1.14. The highest BCUT2D eigenvalue weighted by molar-refractivity contribution is 7.00.